The van der Waals surface area contributed by atoms with Crippen LogP contribution in [0.25, 0.3) is 0 Å². The quantitative estimate of drug-likeness (QED) is 0.836. The van der Waals surface area contributed by atoms with Gasteiger partial charge in [0.2, 0.25) is 0 Å². The molecule has 0 aromatic carbocycles. The van der Waals surface area contributed by atoms with Gasteiger partial charge < -0.3 is 11.1 Å². The maximum Gasteiger partial charge on any atom is 0.0570 e. The first-order valence-electron chi connectivity index (χ1n) is 6.65. The summed E-state index contributed by atoms with van der Waals surface area (Å²) in [7, 11) is 0. The van der Waals surface area contributed by atoms with Crippen LogP contribution in [0.3, 0.4) is 0 Å². The van der Waals surface area contributed by atoms with E-state index in [0.717, 1.165) is 18.8 Å². The van der Waals surface area contributed by atoms with Crippen LogP contribution in [0.4, 0.5) is 0 Å². The zero-order valence-corrected chi connectivity index (χ0v) is 10.7. The molecule has 1 aromatic rings. The molecule has 1 saturated carbocycles. The summed E-state index contributed by atoms with van der Waals surface area (Å²) in [4.78, 5) is 4.42. The third kappa shape index (κ3) is 3.27. The van der Waals surface area contributed by atoms with Gasteiger partial charge in [-0.1, -0.05) is 18.9 Å². The van der Waals surface area contributed by atoms with Gasteiger partial charge in [-0.2, -0.15) is 0 Å². The highest BCUT2D eigenvalue weighted by atomic mass is 14.9. The Morgan fingerprint density at radius 1 is 1.41 bits per heavy atom. The molecule has 1 heterocycles. The van der Waals surface area contributed by atoms with Gasteiger partial charge in [-0.05, 0) is 43.9 Å². The zero-order chi connectivity index (χ0) is 12.1. The van der Waals surface area contributed by atoms with Crippen LogP contribution in [0.1, 0.15) is 36.9 Å². The van der Waals surface area contributed by atoms with Gasteiger partial charge in [0.25, 0.3) is 0 Å². The largest absolute Gasteiger partial charge is 0.330 e. The molecule has 0 radical (unpaired) electrons. The first kappa shape index (κ1) is 12.5. The maximum atomic E-state index is 5.84. The lowest BCUT2D eigenvalue weighted by Gasteiger charge is -2.31. The SMILES string of the molecule is Cc1cccnc1CNC1CCCCC1CN. The van der Waals surface area contributed by atoms with E-state index in [2.05, 4.69) is 23.3 Å². The molecule has 0 saturated heterocycles. The Bertz CT molecular complexity index is 351. The van der Waals surface area contributed by atoms with Crippen molar-refractivity contribution in [2.24, 2.45) is 11.7 Å². The third-order valence-corrected chi connectivity index (χ3v) is 3.86. The van der Waals surface area contributed by atoms with Gasteiger partial charge in [0.05, 0.1) is 5.69 Å². The van der Waals surface area contributed by atoms with Crippen LogP contribution < -0.4 is 11.1 Å². The summed E-state index contributed by atoms with van der Waals surface area (Å²) in [6, 6.07) is 4.68. The van der Waals surface area contributed by atoms with Crippen molar-refractivity contribution in [2.75, 3.05) is 6.54 Å². The van der Waals surface area contributed by atoms with Gasteiger partial charge in [0.15, 0.2) is 0 Å². The summed E-state index contributed by atoms with van der Waals surface area (Å²) in [6.07, 6.45) is 7.06. The normalized spacial score (nSPS) is 24.8. The van der Waals surface area contributed by atoms with Crippen molar-refractivity contribution in [3.05, 3.63) is 29.6 Å². The lowest BCUT2D eigenvalue weighted by molar-refractivity contribution is 0.266. The van der Waals surface area contributed by atoms with Crippen LogP contribution in [-0.2, 0) is 6.54 Å². The average molecular weight is 233 g/mol. The van der Waals surface area contributed by atoms with Gasteiger partial charge in [-0.15, -0.1) is 0 Å². The van der Waals surface area contributed by atoms with Crippen molar-refractivity contribution >= 4 is 0 Å². The van der Waals surface area contributed by atoms with Gasteiger partial charge >= 0.3 is 0 Å². The van der Waals surface area contributed by atoms with E-state index in [-0.39, 0.29) is 0 Å². The monoisotopic (exact) mass is 233 g/mol. The van der Waals surface area contributed by atoms with E-state index < -0.39 is 0 Å². The number of nitrogens with one attached hydrogen (secondary N) is 1. The first-order valence-corrected chi connectivity index (χ1v) is 6.65. The van der Waals surface area contributed by atoms with Crippen molar-refractivity contribution in [3.8, 4) is 0 Å². The van der Waals surface area contributed by atoms with Crippen molar-refractivity contribution in [2.45, 2.75) is 45.2 Å². The Labute approximate surface area is 104 Å². The molecule has 3 N–H and O–H groups in total. The van der Waals surface area contributed by atoms with Crippen LogP contribution in [0, 0.1) is 12.8 Å². The second-order valence-corrected chi connectivity index (χ2v) is 5.03. The van der Waals surface area contributed by atoms with E-state index >= 15 is 0 Å². The van der Waals surface area contributed by atoms with E-state index in [0.29, 0.717) is 12.0 Å². The number of pyridine rings is 1. The number of nitrogens with two attached hydrogens (primary N) is 1. The highest BCUT2D eigenvalue weighted by molar-refractivity contribution is 5.17. The van der Waals surface area contributed by atoms with Gasteiger partial charge in [-0.3, -0.25) is 4.98 Å². The lowest BCUT2D eigenvalue weighted by atomic mass is 9.84. The van der Waals surface area contributed by atoms with Crippen LogP contribution in [0.2, 0.25) is 0 Å². The van der Waals surface area contributed by atoms with Crippen molar-refractivity contribution < 1.29 is 0 Å². The molecule has 1 aliphatic carbocycles. The fourth-order valence-electron chi connectivity index (χ4n) is 2.69. The molecule has 0 bridgehead atoms. The fraction of sp³-hybridized carbons (Fsp3) is 0.643. The smallest absolute Gasteiger partial charge is 0.0570 e. The Morgan fingerprint density at radius 2 is 2.24 bits per heavy atom. The van der Waals surface area contributed by atoms with Gasteiger partial charge in [0, 0.05) is 18.8 Å². The highest BCUT2D eigenvalue weighted by Crippen LogP contribution is 2.23. The number of rotatable bonds is 4. The topological polar surface area (TPSA) is 50.9 Å². The Hall–Kier alpha value is -0.930. The molecule has 1 aliphatic rings. The van der Waals surface area contributed by atoms with Crippen LogP contribution >= 0.6 is 0 Å². The molecular weight excluding hydrogens is 210 g/mol. The van der Waals surface area contributed by atoms with Crippen molar-refractivity contribution in [1.82, 2.24) is 10.3 Å². The molecule has 0 amide bonds. The summed E-state index contributed by atoms with van der Waals surface area (Å²) in [5, 5.41) is 3.64. The summed E-state index contributed by atoms with van der Waals surface area (Å²) in [6.45, 7) is 3.79. The van der Waals surface area contributed by atoms with E-state index in [1.54, 1.807) is 0 Å². The molecule has 1 fully saturated rings. The minimum Gasteiger partial charge on any atom is -0.330 e. The van der Waals surface area contributed by atoms with Gasteiger partial charge in [-0.25, -0.2) is 0 Å². The Balaban J connectivity index is 1.90. The fourth-order valence-corrected chi connectivity index (χ4v) is 2.69. The number of aromatic nitrogens is 1. The van der Waals surface area contributed by atoms with E-state index in [1.807, 2.05) is 12.3 Å². The molecule has 2 unspecified atom stereocenters. The maximum absolute atomic E-state index is 5.84. The van der Waals surface area contributed by atoms with Crippen LogP contribution in [0.15, 0.2) is 18.3 Å². The predicted molar refractivity (Wildman–Crippen MR) is 70.6 cm³/mol. The van der Waals surface area contributed by atoms with Crippen molar-refractivity contribution in [3.63, 3.8) is 0 Å². The standard InChI is InChI=1S/C14H23N3/c1-11-5-4-8-16-14(11)10-17-13-7-3-2-6-12(13)9-15/h4-5,8,12-13,17H,2-3,6-7,9-10,15H2,1H3. The summed E-state index contributed by atoms with van der Waals surface area (Å²) < 4.78 is 0. The third-order valence-electron chi connectivity index (χ3n) is 3.86. The van der Waals surface area contributed by atoms with Crippen molar-refractivity contribution in [1.29, 1.82) is 0 Å². The summed E-state index contributed by atoms with van der Waals surface area (Å²) in [5.41, 5.74) is 8.26. The summed E-state index contributed by atoms with van der Waals surface area (Å²) in [5.74, 6) is 0.646. The second kappa shape index (κ2) is 6.12. The molecule has 2 rings (SSSR count). The Kier molecular flexibility index (Phi) is 4.51. The number of aryl methyl sites for hydroxylation is 1. The van der Waals surface area contributed by atoms with Gasteiger partial charge in [0.1, 0.15) is 0 Å². The predicted octanol–water partition coefficient (Wildman–Crippen LogP) is 2.00. The zero-order valence-electron chi connectivity index (χ0n) is 10.7. The van der Waals surface area contributed by atoms with E-state index in [1.165, 1.54) is 31.2 Å². The molecule has 3 heteroatoms. The van der Waals surface area contributed by atoms with E-state index in [9.17, 15) is 0 Å². The molecule has 17 heavy (non-hydrogen) atoms. The highest BCUT2D eigenvalue weighted by Gasteiger charge is 2.23. The number of hydrogen-bond donors (Lipinski definition) is 2. The number of hydrogen-bond acceptors (Lipinski definition) is 3. The average Bonchev–Trinajstić information content (AvgIpc) is 2.38. The molecule has 0 aliphatic heterocycles. The molecule has 1 aromatic heterocycles. The molecular formula is C14H23N3. The summed E-state index contributed by atoms with van der Waals surface area (Å²) >= 11 is 0. The van der Waals surface area contributed by atoms with E-state index in [4.69, 9.17) is 5.73 Å². The number of nitrogens with zero attached hydrogens (tertiary/aromatic N) is 1. The Morgan fingerprint density at radius 3 is 3.00 bits per heavy atom. The minimum atomic E-state index is 0.579. The molecule has 94 valence electrons. The second-order valence-electron chi connectivity index (χ2n) is 5.03. The lowest BCUT2D eigenvalue weighted by Crippen LogP contribution is -2.41. The molecule has 2 atom stereocenters. The molecule has 3 nitrogen and oxygen atoms in total. The van der Waals surface area contributed by atoms with Crippen LogP contribution in [0.5, 0.6) is 0 Å². The van der Waals surface area contributed by atoms with Crippen LogP contribution in [-0.4, -0.2) is 17.6 Å². The molecule has 0 spiro atoms. The first-order chi connectivity index (χ1) is 8.31. The minimum absolute atomic E-state index is 0.579.